The van der Waals surface area contributed by atoms with Crippen LogP contribution in [-0.2, 0) is 22.8 Å². The van der Waals surface area contributed by atoms with Crippen molar-refractivity contribution in [1.29, 1.82) is 0 Å². The number of allylic oxidation sites excluding steroid dienone is 1. The summed E-state index contributed by atoms with van der Waals surface area (Å²) >= 11 is 0. The zero-order valence-electron chi connectivity index (χ0n) is 12.7. The molecule has 120 valence electrons. The van der Waals surface area contributed by atoms with Crippen LogP contribution in [0.3, 0.4) is 0 Å². The van der Waals surface area contributed by atoms with E-state index in [1.165, 1.54) is 17.5 Å². The smallest absolute Gasteiger partial charge is 0.253 e. The van der Waals surface area contributed by atoms with E-state index in [0.717, 1.165) is 38.0 Å². The molecule has 1 aromatic rings. The minimum absolute atomic E-state index is 0.0310. The number of rotatable bonds is 4. The molecule has 22 heavy (non-hydrogen) atoms. The molecule has 0 radical (unpaired) electrons. The first-order valence-corrected chi connectivity index (χ1v) is 9.60. The van der Waals surface area contributed by atoms with E-state index in [0.29, 0.717) is 5.56 Å². The van der Waals surface area contributed by atoms with E-state index in [1.54, 1.807) is 0 Å². The molecule has 0 saturated carbocycles. The first-order valence-electron chi connectivity index (χ1n) is 7.54. The number of nitrogens with one attached hydrogen (secondary N) is 2. The zero-order chi connectivity index (χ0) is 15.7. The van der Waals surface area contributed by atoms with E-state index < -0.39 is 9.84 Å². The Morgan fingerprint density at radius 1 is 1.45 bits per heavy atom. The Balaban J connectivity index is 1.82. The molecule has 0 unspecified atom stereocenters. The standard InChI is InChI=1S/C15H21N3O3S/c1-22(20,21)8-6-17-15(19)13-10-18-7-5-16-9-11-3-2-4-12(13)14(11)18/h3,10,16H,2,4-9H2,1H3,(H,17,19). The van der Waals surface area contributed by atoms with Crippen molar-refractivity contribution in [3.05, 3.63) is 29.1 Å². The lowest BCUT2D eigenvalue weighted by Gasteiger charge is -2.15. The molecule has 2 aliphatic rings. The maximum Gasteiger partial charge on any atom is 0.253 e. The van der Waals surface area contributed by atoms with Gasteiger partial charge in [-0.1, -0.05) is 6.08 Å². The highest BCUT2D eigenvalue weighted by molar-refractivity contribution is 7.90. The van der Waals surface area contributed by atoms with Gasteiger partial charge in [-0.2, -0.15) is 0 Å². The summed E-state index contributed by atoms with van der Waals surface area (Å²) in [5, 5.41) is 6.11. The summed E-state index contributed by atoms with van der Waals surface area (Å²) in [4.78, 5) is 12.4. The Morgan fingerprint density at radius 2 is 2.27 bits per heavy atom. The van der Waals surface area contributed by atoms with Crippen molar-refractivity contribution in [3.63, 3.8) is 0 Å². The normalized spacial score (nSPS) is 17.4. The van der Waals surface area contributed by atoms with Gasteiger partial charge in [0.1, 0.15) is 9.84 Å². The van der Waals surface area contributed by atoms with E-state index in [9.17, 15) is 13.2 Å². The summed E-state index contributed by atoms with van der Waals surface area (Å²) in [5.41, 5.74) is 4.22. The minimum atomic E-state index is -3.06. The lowest BCUT2D eigenvalue weighted by atomic mass is 9.94. The largest absolute Gasteiger partial charge is 0.351 e. The minimum Gasteiger partial charge on any atom is -0.351 e. The highest BCUT2D eigenvalue weighted by Gasteiger charge is 2.26. The summed E-state index contributed by atoms with van der Waals surface area (Å²) in [6.07, 6.45) is 7.13. The van der Waals surface area contributed by atoms with Crippen LogP contribution in [0.15, 0.2) is 12.3 Å². The summed E-state index contributed by atoms with van der Waals surface area (Å²) in [6.45, 7) is 2.72. The molecule has 0 aromatic carbocycles. The van der Waals surface area contributed by atoms with Crippen molar-refractivity contribution >= 4 is 21.3 Å². The van der Waals surface area contributed by atoms with Gasteiger partial charge in [0, 0.05) is 44.3 Å². The average Bonchev–Trinajstić information content (AvgIpc) is 2.68. The SMILES string of the molecule is CS(=O)(=O)CCNC(=O)c1cn2c3c1CCC=C3CNCC2. The van der Waals surface area contributed by atoms with Crippen LogP contribution in [0.5, 0.6) is 0 Å². The van der Waals surface area contributed by atoms with Crippen LogP contribution in [0.1, 0.15) is 28.0 Å². The first kappa shape index (κ1) is 15.3. The third kappa shape index (κ3) is 3.10. The van der Waals surface area contributed by atoms with Gasteiger partial charge in [0.05, 0.1) is 11.3 Å². The molecule has 1 aliphatic carbocycles. The predicted molar refractivity (Wildman–Crippen MR) is 85.6 cm³/mol. The van der Waals surface area contributed by atoms with Crippen LogP contribution < -0.4 is 10.6 Å². The number of hydrogen-bond donors (Lipinski definition) is 2. The second kappa shape index (κ2) is 5.89. The molecular weight excluding hydrogens is 302 g/mol. The van der Waals surface area contributed by atoms with E-state index in [1.807, 2.05) is 6.20 Å². The van der Waals surface area contributed by atoms with Crippen molar-refractivity contribution in [2.45, 2.75) is 19.4 Å². The second-order valence-electron chi connectivity index (χ2n) is 5.89. The maximum absolute atomic E-state index is 12.4. The molecule has 0 bridgehead atoms. The number of aromatic nitrogens is 1. The fourth-order valence-electron chi connectivity index (χ4n) is 3.11. The molecule has 0 spiro atoms. The molecule has 1 aromatic heterocycles. The number of nitrogens with zero attached hydrogens (tertiary/aromatic N) is 1. The van der Waals surface area contributed by atoms with Crippen molar-refractivity contribution in [1.82, 2.24) is 15.2 Å². The van der Waals surface area contributed by atoms with Gasteiger partial charge in [0.2, 0.25) is 0 Å². The number of sulfone groups is 1. The summed E-state index contributed by atoms with van der Waals surface area (Å²) in [6, 6.07) is 0. The molecule has 2 heterocycles. The molecule has 7 heteroatoms. The first-order chi connectivity index (χ1) is 10.5. The Hall–Kier alpha value is -1.60. The Morgan fingerprint density at radius 3 is 3.05 bits per heavy atom. The van der Waals surface area contributed by atoms with Gasteiger partial charge in [-0.05, 0) is 24.0 Å². The summed E-state index contributed by atoms with van der Waals surface area (Å²) in [7, 11) is -3.06. The molecule has 2 N–H and O–H groups in total. The molecule has 0 saturated heterocycles. The van der Waals surface area contributed by atoms with Crippen LogP contribution in [0.25, 0.3) is 5.57 Å². The van der Waals surface area contributed by atoms with Gasteiger partial charge in [0.25, 0.3) is 5.91 Å². The van der Waals surface area contributed by atoms with Gasteiger partial charge < -0.3 is 15.2 Å². The topological polar surface area (TPSA) is 80.2 Å². The lowest BCUT2D eigenvalue weighted by molar-refractivity contribution is 0.0955. The zero-order valence-corrected chi connectivity index (χ0v) is 13.5. The summed E-state index contributed by atoms with van der Waals surface area (Å²) < 4.78 is 24.4. The molecule has 6 nitrogen and oxygen atoms in total. The Bertz CT molecular complexity index is 731. The Kier molecular flexibility index (Phi) is 4.10. The van der Waals surface area contributed by atoms with Crippen molar-refractivity contribution in [2.24, 2.45) is 0 Å². The predicted octanol–water partition coefficient (Wildman–Crippen LogP) is 0.195. The average molecular weight is 323 g/mol. The summed E-state index contributed by atoms with van der Waals surface area (Å²) in [5.74, 6) is -0.204. The number of amides is 1. The van der Waals surface area contributed by atoms with E-state index in [2.05, 4.69) is 21.3 Å². The molecule has 0 atom stereocenters. The van der Waals surface area contributed by atoms with E-state index in [4.69, 9.17) is 0 Å². The van der Waals surface area contributed by atoms with Crippen LogP contribution in [0, 0.1) is 0 Å². The van der Waals surface area contributed by atoms with Crippen molar-refractivity contribution < 1.29 is 13.2 Å². The molecule has 1 amide bonds. The van der Waals surface area contributed by atoms with Crippen LogP contribution in [0.4, 0.5) is 0 Å². The van der Waals surface area contributed by atoms with Gasteiger partial charge in [-0.15, -0.1) is 0 Å². The molecule has 0 fully saturated rings. The fraction of sp³-hybridized carbons (Fsp3) is 0.533. The number of hydrogen-bond acceptors (Lipinski definition) is 4. The van der Waals surface area contributed by atoms with Crippen molar-refractivity contribution in [2.75, 3.05) is 31.6 Å². The maximum atomic E-state index is 12.4. The Labute approximate surface area is 130 Å². The second-order valence-corrected chi connectivity index (χ2v) is 8.15. The fourth-order valence-corrected chi connectivity index (χ4v) is 3.59. The third-order valence-electron chi connectivity index (χ3n) is 4.12. The molecule has 1 aliphatic heterocycles. The van der Waals surface area contributed by atoms with E-state index >= 15 is 0 Å². The van der Waals surface area contributed by atoms with Crippen LogP contribution in [-0.4, -0.2) is 50.5 Å². The highest BCUT2D eigenvalue weighted by Crippen LogP contribution is 2.31. The lowest BCUT2D eigenvalue weighted by Crippen LogP contribution is -2.29. The van der Waals surface area contributed by atoms with Crippen LogP contribution >= 0.6 is 0 Å². The van der Waals surface area contributed by atoms with E-state index in [-0.39, 0.29) is 18.2 Å². The van der Waals surface area contributed by atoms with Crippen LogP contribution in [0.2, 0.25) is 0 Å². The monoisotopic (exact) mass is 323 g/mol. The van der Waals surface area contributed by atoms with Gasteiger partial charge in [-0.3, -0.25) is 4.79 Å². The van der Waals surface area contributed by atoms with Gasteiger partial charge in [-0.25, -0.2) is 8.42 Å². The van der Waals surface area contributed by atoms with Crippen molar-refractivity contribution in [3.8, 4) is 0 Å². The van der Waals surface area contributed by atoms with Gasteiger partial charge >= 0.3 is 0 Å². The number of carbonyl (C=O) groups excluding carboxylic acids is 1. The third-order valence-corrected chi connectivity index (χ3v) is 5.07. The molecule has 3 rings (SSSR count). The highest BCUT2D eigenvalue weighted by atomic mass is 32.2. The molecular formula is C15H21N3O3S. The number of carbonyl (C=O) groups is 1. The quantitative estimate of drug-likeness (QED) is 0.829. The van der Waals surface area contributed by atoms with Gasteiger partial charge in [0.15, 0.2) is 0 Å².